The Balaban J connectivity index is 2.94. The fraction of sp³-hybridized carbons (Fsp3) is 0.364. The van der Waals surface area contributed by atoms with Crippen LogP contribution in [-0.4, -0.2) is 25.6 Å². The molecule has 0 bridgehead atoms. The van der Waals surface area contributed by atoms with E-state index in [1.807, 2.05) is 4.72 Å². The quantitative estimate of drug-likeness (QED) is 0.811. The second-order valence-electron chi connectivity index (χ2n) is 4.23. The molecule has 1 aromatic rings. The summed E-state index contributed by atoms with van der Waals surface area (Å²) in [6.45, 7) is 1.14. The molecule has 1 aromatic carbocycles. The molecule has 0 aliphatic heterocycles. The normalized spacial score (nSPS) is 14.0. The van der Waals surface area contributed by atoms with E-state index in [0.29, 0.717) is 5.56 Å². The van der Waals surface area contributed by atoms with E-state index in [-0.39, 0.29) is 9.88 Å². The molecule has 0 heterocycles. The summed E-state index contributed by atoms with van der Waals surface area (Å²) in [5.74, 6) is 0. The minimum atomic E-state index is -4.44. The molecule has 0 aliphatic carbocycles. The van der Waals surface area contributed by atoms with E-state index in [1.54, 1.807) is 0 Å². The number of halogens is 3. The zero-order valence-electron chi connectivity index (χ0n) is 10.4. The Hall–Kier alpha value is -1.19. The maximum Gasteiger partial charge on any atom is 0.390 e. The van der Waals surface area contributed by atoms with Crippen LogP contribution >= 0.6 is 12.2 Å². The number of rotatable bonds is 5. The predicted octanol–water partition coefficient (Wildman–Crippen LogP) is 1.94. The van der Waals surface area contributed by atoms with Crippen LogP contribution in [0.3, 0.4) is 0 Å². The topological polar surface area (TPSA) is 72.2 Å². The number of sulfonamides is 1. The van der Waals surface area contributed by atoms with E-state index >= 15 is 0 Å². The van der Waals surface area contributed by atoms with Gasteiger partial charge in [-0.1, -0.05) is 24.4 Å². The van der Waals surface area contributed by atoms with Crippen LogP contribution in [0.5, 0.6) is 0 Å². The molecule has 112 valence electrons. The summed E-state index contributed by atoms with van der Waals surface area (Å²) >= 11 is 4.72. The average Bonchev–Trinajstić information content (AvgIpc) is 2.25. The van der Waals surface area contributed by atoms with Crippen LogP contribution in [0, 0.1) is 0 Å². The van der Waals surface area contributed by atoms with Crippen molar-refractivity contribution in [3.8, 4) is 0 Å². The molecule has 1 rings (SSSR count). The van der Waals surface area contributed by atoms with Gasteiger partial charge in [-0.05, 0) is 19.1 Å². The highest BCUT2D eigenvalue weighted by atomic mass is 32.2. The molecule has 20 heavy (non-hydrogen) atoms. The Kier molecular flexibility index (Phi) is 5.11. The van der Waals surface area contributed by atoms with E-state index in [4.69, 9.17) is 18.0 Å². The van der Waals surface area contributed by atoms with E-state index < -0.39 is 28.7 Å². The lowest BCUT2D eigenvalue weighted by molar-refractivity contribution is -0.137. The first-order valence-electron chi connectivity index (χ1n) is 5.50. The maximum atomic E-state index is 12.2. The summed E-state index contributed by atoms with van der Waals surface area (Å²) in [6, 6.07) is 4.13. The molecule has 0 amide bonds. The van der Waals surface area contributed by atoms with Gasteiger partial charge in [-0.2, -0.15) is 13.2 Å². The summed E-state index contributed by atoms with van der Waals surface area (Å²) in [5.41, 5.74) is 5.70. The van der Waals surface area contributed by atoms with Crippen LogP contribution < -0.4 is 10.5 Å². The first-order valence-corrected chi connectivity index (χ1v) is 7.39. The smallest absolute Gasteiger partial charge is 0.389 e. The molecular formula is C11H13F3N2O2S2. The van der Waals surface area contributed by atoms with Gasteiger partial charge in [0.2, 0.25) is 10.0 Å². The lowest BCUT2D eigenvalue weighted by atomic mass is 10.2. The molecule has 0 spiro atoms. The first kappa shape index (κ1) is 16.9. The summed E-state index contributed by atoms with van der Waals surface area (Å²) in [6.07, 6.45) is -5.69. The highest BCUT2D eigenvalue weighted by Gasteiger charge is 2.32. The number of hydrogen-bond donors (Lipinski definition) is 2. The Morgan fingerprint density at radius 3 is 2.55 bits per heavy atom. The minimum Gasteiger partial charge on any atom is -0.389 e. The van der Waals surface area contributed by atoms with Gasteiger partial charge in [-0.25, -0.2) is 13.1 Å². The van der Waals surface area contributed by atoms with Crippen LogP contribution in [0.2, 0.25) is 0 Å². The van der Waals surface area contributed by atoms with Crippen molar-refractivity contribution >= 4 is 27.2 Å². The number of thiocarbonyl (C=S) groups is 1. The molecular weight excluding hydrogens is 313 g/mol. The molecule has 4 nitrogen and oxygen atoms in total. The van der Waals surface area contributed by atoms with Gasteiger partial charge in [0.1, 0.15) is 4.99 Å². The summed E-state index contributed by atoms with van der Waals surface area (Å²) in [4.78, 5) is -0.179. The standard InChI is InChI=1S/C11H13F3N2O2S2/c1-7(6-11(12,13)14)16-20(17,18)9-4-2-3-8(5-9)10(15)19/h2-5,7,16H,6H2,1H3,(H2,15,19). The number of nitrogens with one attached hydrogen (secondary N) is 1. The van der Waals surface area contributed by atoms with Crippen molar-refractivity contribution in [3.63, 3.8) is 0 Å². The highest BCUT2D eigenvalue weighted by molar-refractivity contribution is 7.89. The van der Waals surface area contributed by atoms with Crippen LogP contribution in [0.15, 0.2) is 29.2 Å². The SMILES string of the molecule is CC(CC(F)(F)F)NS(=O)(=O)c1cccc(C(N)=S)c1. The van der Waals surface area contributed by atoms with Crippen LogP contribution in [0.4, 0.5) is 13.2 Å². The van der Waals surface area contributed by atoms with Gasteiger partial charge in [-0.15, -0.1) is 0 Å². The summed E-state index contributed by atoms with van der Waals surface area (Å²) in [5, 5.41) is 0. The average molecular weight is 326 g/mol. The van der Waals surface area contributed by atoms with Gasteiger partial charge < -0.3 is 5.73 Å². The first-order chi connectivity index (χ1) is 9.01. The minimum absolute atomic E-state index is 0.00499. The molecule has 0 fully saturated rings. The third kappa shape index (κ3) is 5.06. The van der Waals surface area contributed by atoms with Gasteiger partial charge in [0, 0.05) is 11.6 Å². The van der Waals surface area contributed by atoms with Gasteiger partial charge in [0.25, 0.3) is 0 Å². The zero-order valence-corrected chi connectivity index (χ0v) is 12.1. The lowest BCUT2D eigenvalue weighted by Crippen LogP contribution is -2.36. The Bertz CT molecular complexity index is 600. The van der Waals surface area contributed by atoms with Crippen LogP contribution in [0.1, 0.15) is 18.9 Å². The fourth-order valence-electron chi connectivity index (χ4n) is 1.54. The Morgan fingerprint density at radius 1 is 1.45 bits per heavy atom. The zero-order chi connectivity index (χ0) is 15.6. The van der Waals surface area contributed by atoms with Crippen LogP contribution in [-0.2, 0) is 10.0 Å². The predicted molar refractivity (Wildman–Crippen MR) is 72.8 cm³/mol. The maximum absolute atomic E-state index is 12.2. The number of alkyl halides is 3. The van der Waals surface area contributed by atoms with Gasteiger partial charge in [0.05, 0.1) is 11.3 Å². The van der Waals surface area contributed by atoms with Gasteiger partial charge >= 0.3 is 6.18 Å². The third-order valence-corrected chi connectivity index (χ3v) is 4.15. The van der Waals surface area contributed by atoms with E-state index in [1.165, 1.54) is 24.3 Å². The van der Waals surface area contributed by atoms with Crippen molar-refractivity contribution in [2.24, 2.45) is 5.73 Å². The fourth-order valence-corrected chi connectivity index (χ4v) is 2.95. The van der Waals surface area contributed by atoms with Gasteiger partial charge in [-0.3, -0.25) is 0 Å². The summed E-state index contributed by atoms with van der Waals surface area (Å²) < 4.78 is 62.4. The monoisotopic (exact) mass is 326 g/mol. The highest BCUT2D eigenvalue weighted by Crippen LogP contribution is 2.22. The van der Waals surface area contributed by atoms with E-state index in [2.05, 4.69) is 0 Å². The lowest BCUT2D eigenvalue weighted by Gasteiger charge is -2.16. The van der Waals surface area contributed by atoms with E-state index in [0.717, 1.165) is 6.92 Å². The molecule has 0 radical (unpaired) electrons. The number of benzene rings is 1. The molecule has 3 N–H and O–H groups in total. The molecule has 9 heteroatoms. The number of hydrogen-bond acceptors (Lipinski definition) is 3. The Labute approximate surface area is 120 Å². The number of nitrogens with two attached hydrogens (primary N) is 1. The van der Waals surface area contributed by atoms with Crippen molar-refractivity contribution in [1.29, 1.82) is 0 Å². The molecule has 0 aromatic heterocycles. The second-order valence-corrected chi connectivity index (χ2v) is 6.39. The Morgan fingerprint density at radius 2 is 2.05 bits per heavy atom. The molecule has 1 unspecified atom stereocenters. The van der Waals surface area contributed by atoms with Crippen molar-refractivity contribution in [3.05, 3.63) is 29.8 Å². The van der Waals surface area contributed by atoms with Crippen molar-refractivity contribution < 1.29 is 21.6 Å². The molecule has 0 saturated carbocycles. The second kappa shape index (κ2) is 6.06. The van der Waals surface area contributed by atoms with Crippen LogP contribution in [0.25, 0.3) is 0 Å². The molecule has 0 saturated heterocycles. The molecule has 1 atom stereocenters. The van der Waals surface area contributed by atoms with Crippen molar-refractivity contribution in [1.82, 2.24) is 4.72 Å². The largest absolute Gasteiger partial charge is 0.390 e. The third-order valence-electron chi connectivity index (χ3n) is 2.32. The molecule has 0 aliphatic rings. The van der Waals surface area contributed by atoms with Crippen molar-refractivity contribution in [2.45, 2.75) is 30.5 Å². The van der Waals surface area contributed by atoms with Gasteiger partial charge in [0.15, 0.2) is 0 Å². The summed E-state index contributed by atoms with van der Waals surface area (Å²) in [7, 11) is -4.05. The van der Waals surface area contributed by atoms with E-state index in [9.17, 15) is 21.6 Å². The van der Waals surface area contributed by atoms with Crippen molar-refractivity contribution in [2.75, 3.05) is 0 Å².